The van der Waals surface area contributed by atoms with Crippen LogP contribution in [0.15, 0.2) is 46.0 Å². The van der Waals surface area contributed by atoms with Gasteiger partial charge in [-0.1, -0.05) is 37.6 Å². The molecule has 2 aromatic rings. The topological polar surface area (TPSA) is 73.8 Å². The molecule has 0 fully saturated rings. The van der Waals surface area contributed by atoms with Gasteiger partial charge in [0.05, 0.1) is 16.3 Å². The molecule has 0 aliphatic carbocycles. The summed E-state index contributed by atoms with van der Waals surface area (Å²) >= 11 is 7.80. The van der Waals surface area contributed by atoms with Crippen molar-refractivity contribution < 1.29 is 4.79 Å². The number of rotatable bonds is 5. The van der Waals surface area contributed by atoms with E-state index in [0.717, 1.165) is 40.5 Å². The number of hydrogen-bond donors (Lipinski definition) is 1. The van der Waals surface area contributed by atoms with E-state index in [4.69, 9.17) is 17.0 Å². The summed E-state index contributed by atoms with van der Waals surface area (Å²) in [6.45, 7) is 8.20. The molecule has 8 heteroatoms. The van der Waals surface area contributed by atoms with Gasteiger partial charge in [0.15, 0.2) is 5.84 Å². The van der Waals surface area contributed by atoms with E-state index in [-0.39, 0.29) is 11.4 Å². The van der Waals surface area contributed by atoms with Crippen LogP contribution in [0.3, 0.4) is 0 Å². The number of nitrogens with one attached hydrogen (secondary N) is 1. The van der Waals surface area contributed by atoms with Crippen LogP contribution in [-0.4, -0.2) is 31.5 Å². The minimum absolute atomic E-state index is 0.0611. The summed E-state index contributed by atoms with van der Waals surface area (Å²) in [5.74, 6) is -0.0403. The molecule has 2 aliphatic heterocycles. The van der Waals surface area contributed by atoms with Crippen LogP contribution in [0.4, 0.5) is 0 Å². The number of carbonyl (C=O) groups excluding carboxylic acids is 1. The van der Waals surface area contributed by atoms with E-state index < -0.39 is 5.91 Å². The normalized spacial score (nSPS) is 17.5. The molecule has 1 aromatic heterocycles. The molecular formula is C23H24ClN5OS. The third kappa shape index (κ3) is 3.77. The number of benzene rings is 1. The van der Waals surface area contributed by atoms with Crippen molar-refractivity contribution in [3.63, 3.8) is 0 Å². The predicted molar refractivity (Wildman–Crippen MR) is 129 cm³/mol. The maximum absolute atomic E-state index is 12.8. The molecule has 0 saturated carbocycles. The summed E-state index contributed by atoms with van der Waals surface area (Å²) in [6, 6.07) is 9.63. The Morgan fingerprint density at radius 2 is 1.94 bits per heavy atom. The van der Waals surface area contributed by atoms with Crippen molar-refractivity contribution in [2.45, 2.75) is 40.5 Å². The summed E-state index contributed by atoms with van der Waals surface area (Å²) in [5, 5.41) is 16.8. The average Bonchev–Trinajstić information content (AvgIpc) is 3.27. The Morgan fingerprint density at radius 1 is 1.23 bits per heavy atom. The van der Waals surface area contributed by atoms with Crippen LogP contribution in [-0.2, 0) is 4.79 Å². The van der Waals surface area contributed by atoms with E-state index in [1.807, 2.05) is 44.2 Å². The first-order valence-electron chi connectivity index (χ1n) is 10.3. The number of amidine groups is 2. The number of fused-ring (bicyclic) bond motifs is 1. The van der Waals surface area contributed by atoms with Gasteiger partial charge in [-0.3, -0.25) is 10.2 Å². The van der Waals surface area contributed by atoms with Crippen LogP contribution < -0.4 is 0 Å². The van der Waals surface area contributed by atoms with Crippen LogP contribution in [0.25, 0.3) is 11.8 Å². The number of aliphatic imine (C=N–C) groups is 1. The number of carbonyl (C=O) groups is 1. The summed E-state index contributed by atoms with van der Waals surface area (Å²) in [4.78, 5) is 17.0. The molecule has 160 valence electrons. The third-order valence-corrected chi connectivity index (χ3v) is 7.06. The van der Waals surface area contributed by atoms with Crippen LogP contribution in [0.2, 0.25) is 5.02 Å². The third-order valence-electron chi connectivity index (χ3n) is 5.67. The lowest BCUT2D eigenvalue weighted by Gasteiger charge is -2.20. The first kappa shape index (κ1) is 21.6. The van der Waals surface area contributed by atoms with E-state index >= 15 is 0 Å². The van der Waals surface area contributed by atoms with Gasteiger partial charge >= 0.3 is 0 Å². The second-order valence-electron chi connectivity index (χ2n) is 7.58. The van der Waals surface area contributed by atoms with Gasteiger partial charge in [-0.25, -0.2) is 0 Å². The maximum Gasteiger partial charge on any atom is 0.283 e. The lowest BCUT2D eigenvalue weighted by molar-refractivity contribution is -0.114. The standard InChI is InChI=1S/C23H24ClN5OS/c1-5-15(6-2)22-27-29-20(25)17(21(30)26-23(29)31-22)12-16-11-13(3)28(14(16)4)19-10-8-7-9-18(19)24/h7-12,15,25H,5-6H2,1-4H3. The molecule has 0 atom stereocenters. The Balaban J connectivity index is 1.73. The number of nitrogens with zero attached hydrogens (tertiary/aromatic N) is 4. The molecular weight excluding hydrogens is 430 g/mol. The Labute approximate surface area is 191 Å². The fourth-order valence-electron chi connectivity index (χ4n) is 3.90. The zero-order valence-corrected chi connectivity index (χ0v) is 19.5. The molecule has 0 saturated heterocycles. The van der Waals surface area contributed by atoms with Crippen LogP contribution in [0.1, 0.15) is 43.6 Å². The summed E-state index contributed by atoms with van der Waals surface area (Å²) in [6.07, 6.45) is 3.65. The Bertz CT molecular complexity index is 1170. The SMILES string of the molecule is CCC(CC)C1=NN2C(=N)C(=Cc3cc(C)n(-c4ccccc4Cl)c3C)C(=O)N=C2S1. The number of hydrogen-bond acceptors (Lipinski definition) is 4. The van der Waals surface area contributed by atoms with Crippen molar-refractivity contribution in [2.75, 3.05) is 0 Å². The minimum atomic E-state index is -0.410. The van der Waals surface area contributed by atoms with Gasteiger partial charge in [0.2, 0.25) is 5.17 Å². The zero-order valence-electron chi connectivity index (χ0n) is 17.9. The van der Waals surface area contributed by atoms with Gasteiger partial charge in [0.25, 0.3) is 5.91 Å². The number of amides is 1. The van der Waals surface area contributed by atoms with Gasteiger partial charge in [0, 0.05) is 17.3 Å². The summed E-state index contributed by atoms with van der Waals surface area (Å²) in [7, 11) is 0. The second kappa shape index (κ2) is 8.48. The van der Waals surface area contributed by atoms with Gasteiger partial charge < -0.3 is 4.57 Å². The Morgan fingerprint density at radius 3 is 2.61 bits per heavy atom. The molecule has 0 radical (unpaired) electrons. The molecule has 3 heterocycles. The van der Waals surface area contributed by atoms with E-state index in [0.29, 0.717) is 16.1 Å². The lowest BCUT2D eigenvalue weighted by Crippen LogP contribution is -2.35. The largest absolute Gasteiger partial charge is 0.316 e. The number of thioether (sulfide) groups is 1. The number of hydrazone groups is 1. The molecule has 2 aliphatic rings. The van der Waals surface area contributed by atoms with Crippen LogP contribution in [0.5, 0.6) is 0 Å². The van der Waals surface area contributed by atoms with Crippen molar-refractivity contribution in [1.29, 1.82) is 5.41 Å². The number of para-hydroxylation sites is 1. The molecule has 1 N–H and O–H groups in total. The molecule has 6 nitrogen and oxygen atoms in total. The highest BCUT2D eigenvalue weighted by Gasteiger charge is 2.37. The molecule has 31 heavy (non-hydrogen) atoms. The molecule has 0 spiro atoms. The highest BCUT2D eigenvalue weighted by Crippen LogP contribution is 2.34. The van der Waals surface area contributed by atoms with Crippen molar-refractivity contribution in [2.24, 2.45) is 16.0 Å². The Hall–Kier alpha value is -2.64. The van der Waals surface area contributed by atoms with Crippen molar-refractivity contribution >= 4 is 51.4 Å². The van der Waals surface area contributed by atoms with Gasteiger partial charge in [-0.2, -0.15) is 15.1 Å². The molecule has 1 amide bonds. The van der Waals surface area contributed by atoms with Crippen LogP contribution >= 0.6 is 23.4 Å². The highest BCUT2D eigenvalue weighted by molar-refractivity contribution is 8.27. The molecule has 4 rings (SSSR count). The lowest BCUT2D eigenvalue weighted by atomic mass is 10.1. The smallest absolute Gasteiger partial charge is 0.283 e. The van der Waals surface area contributed by atoms with Crippen molar-refractivity contribution in [1.82, 2.24) is 9.58 Å². The fraction of sp³-hybridized carbons (Fsp3) is 0.304. The first-order chi connectivity index (χ1) is 14.8. The van der Waals surface area contributed by atoms with Crippen LogP contribution in [0, 0.1) is 25.2 Å². The minimum Gasteiger partial charge on any atom is -0.316 e. The van der Waals surface area contributed by atoms with E-state index in [9.17, 15) is 4.79 Å². The van der Waals surface area contributed by atoms with E-state index in [1.165, 1.54) is 16.8 Å². The fourth-order valence-corrected chi connectivity index (χ4v) is 5.28. The predicted octanol–water partition coefficient (Wildman–Crippen LogP) is 5.80. The van der Waals surface area contributed by atoms with Gasteiger partial charge in [0.1, 0.15) is 5.04 Å². The van der Waals surface area contributed by atoms with Crippen molar-refractivity contribution in [3.8, 4) is 5.69 Å². The average molecular weight is 454 g/mol. The number of aryl methyl sites for hydroxylation is 1. The molecule has 0 bridgehead atoms. The van der Waals surface area contributed by atoms with Crippen molar-refractivity contribution in [3.05, 3.63) is 57.9 Å². The van der Waals surface area contributed by atoms with E-state index in [2.05, 4.69) is 28.5 Å². The second-order valence-corrected chi connectivity index (χ2v) is 8.98. The monoisotopic (exact) mass is 453 g/mol. The highest BCUT2D eigenvalue weighted by atomic mass is 35.5. The van der Waals surface area contributed by atoms with Gasteiger partial charge in [-0.15, -0.1) is 0 Å². The molecule has 1 aromatic carbocycles. The number of aromatic nitrogens is 1. The quantitative estimate of drug-likeness (QED) is 0.581. The Kier molecular flexibility index (Phi) is 5.90. The summed E-state index contributed by atoms with van der Waals surface area (Å²) < 4.78 is 2.05. The van der Waals surface area contributed by atoms with E-state index in [1.54, 1.807) is 6.08 Å². The summed E-state index contributed by atoms with van der Waals surface area (Å²) in [5.41, 5.74) is 3.88. The molecule has 0 unspecified atom stereocenters. The maximum atomic E-state index is 12.8. The van der Waals surface area contributed by atoms with Gasteiger partial charge in [-0.05, 0) is 68.3 Å². The first-order valence-corrected chi connectivity index (χ1v) is 11.5. The zero-order chi connectivity index (χ0) is 22.3. The number of halogens is 1.